The van der Waals surface area contributed by atoms with Gasteiger partial charge in [0.25, 0.3) is 0 Å². The SMILES string of the molecule is CCCCCCCCCCCCOCCOc1ccc(N)cc1. The molecule has 3 heteroatoms. The molecule has 0 unspecified atom stereocenters. The Labute approximate surface area is 142 Å². The fourth-order valence-electron chi connectivity index (χ4n) is 2.58. The van der Waals surface area contributed by atoms with Crippen molar-refractivity contribution in [3.63, 3.8) is 0 Å². The molecule has 0 saturated carbocycles. The molecule has 0 atom stereocenters. The van der Waals surface area contributed by atoms with Crippen LogP contribution in [0.3, 0.4) is 0 Å². The Hall–Kier alpha value is -1.22. The lowest BCUT2D eigenvalue weighted by Crippen LogP contribution is -2.07. The van der Waals surface area contributed by atoms with Crippen molar-refractivity contribution in [3.05, 3.63) is 24.3 Å². The van der Waals surface area contributed by atoms with Gasteiger partial charge in [-0.15, -0.1) is 0 Å². The molecule has 0 aromatic heterocycles. The third-order valence-corrected chi connectivity index (χ3v) is 4.02. The van der Waals surface area contributed by atoms with Crippen LogP contribution in [0.1, 0.15) is 71.1 Å². The summed E-state index contributed by atoms with van der Waals surface area (Å²) >= 11 is 0. The zero-order chi connectivity index (χ0) is 16.6. The van der Waals surface area contributed by atoms with E-state index >= 15 is 0 Å². The number of unbranched alkanes of at least 4 members (excludes halogenated alkanes) is 9. The van der Waals surface area contributed by atoms with Gasteiger partial charge in [0, 0.05) is 12.3 Å². The van der Waals surface area contributed by atoms with Crippen molar-refractivity contribution in [2.24, 2.45) is 0 Å². The van der Waals surface area contributed by atoms with Crippen LogP contribution < -0.4 is 10.5 Å². The van der Waals surface area contributed by atoms with Gasteiger partial charge in [-0.25, -0.2) is 0 Å². The molecule has 0 saturated heterocycles. The van der Waals surface area contributed by atoms with E-state index in [0.29, 0.717) is 13.2 Å². The molecule has 3 nitrogen and oxygen atoms in total. The minimum Gasteiger partial charge on any atom is -0.491 e. The second kappa shape index (κ2) is 14.4. The molecule has 0 aliphatic heterocycles. The highest BCUT2D eigenvalue weighted by molar-refractivity contribution is 5.41. The second-order valence-corrected chi connectivity index (χ2v) is 6.21. The first-order valence-electron chi connectivity index (χ1n) is 9.39. The van der Waals surface area contributed by atoms with Crippen LogP contribution in [-0.2, 0) is 4.74 Å². The number of anilines is 1. The lowest BCUT2D eigenvalue weighted by molar-refractivity contribution is 0.0971. The van der Waals surface area contributed by atoms with E-state index in [1.54, 1.807) is 0 Å². The van der Waals surface area contributed by atoms with Crippen molar-refractivity contribution < 1.29 is 9.47 Å². The predicted octanol–water partition coefficient (Wildman–Crippen LogP) is 5.59. The lowest BCUT2D eigenvalue weighted by Gasteiger charge is -2.07. The first-order valence-corrected chi connectivity index (χ1v) is 9.39. The summed E-state index contributed by atoms with van der Waals surface area (Å²) in [5, 5.41) is 0. The van der Waals surface area contributed by atoms with E-state index in [9.17, 15) is 0 Å². The Bertz CT molecular complexity index is 364. The highest BCUT2D eigenvalue weighted by Crippen LogP contribution is 2.13. The highest BCUT2D eigenvalue weighted by Gasteiger charge is 1.95. The molecule has 23 heavy (non-hydrogen) atoms. The molecule has 1 aromatic rings. The Morgan fingerprint density at radius 3 is 1.87 bits per heavy atom. The number of nitrogen functional groups attached to an aromatic ring is 1. The van der Waals surface area contributed by atoms with Crippen LogP contribution in [0.4, 0.5) is 5.69 Å². The largest absolute Gasteiger partial charge is 0.491 e. The maximum atomic E-state index is 5.63. The molecular weight excluding hydrogens is 286 g/mol. The lowest BCUT2D eigenvalue weighted by atomic mass is 10.1. The van der Waals surface area contributed by atoms with Crippen molar-refractivity contribution >= 4 is 5.69 Å². The minimum absolute atomic E-state index is 0.599. The summed E-state index contributed by atoms with van der Waals surface area (Å²) in [7, 11) is 0. The number of rotatable bonds is 15. The van der Waals surface area contributed by atoms with Crippen LogP contribution in [0, 0.1) is 0 Å². The molecule has 132 valence electrons. The van der Waals surface area contributed by atoms with Crippen molar-refractivity contribution in [2.45, 2.75) is 71.1 Å². The molecule has 0 amide bonds. The normalized spacial score (nSPS) is 10.8. The number of ether oxygens (including phenoxy) is 2. The van der Waals surface area contributed by atoms with Gasteiger partial charge in [0.15, 0.2) is 0 Å². The van der Waals surface area contributed by atoms with Crippen molar-refractivity contribution in [1.29, 1.82) is 0 Å². The smallest absolute Gasteiger partial charge is 0.119 e. The molecular formula is C20H35NO2. The van der Waals surface area contributed by atoms with E-state index in [4.69, 9.17) is 15.2 Å². The molecule has 0 fully saturated rings. The molecule has 0 aliphatic carbocycles. The maximum Gasteiger partial charge on any atom is 0.119 e. The van der Waals surface area contributed by atoms with Crippen LogP contribution in [0.2, 0.25) is 0 Å². The Morgan fingerprint density at radius 1 is 0.696 bits per heavy atom. The predicted molar refractivity (Wildman–Crippen MR) is 99.0 cm³/mol. The van der Waals surface area contributed by atoms with Crippen LogP contribution in [-0.4, -0.2) is 19.8 Å². The van der Waals surface area contributed by atoms with Crippen molar-refractivity contribution in [2.75, 3.05) is 25.6 Å². The quantitative estimate of drug-likeness (QED) is 0.338. The monoisotopic (exact) mass is 321 g/mol. The highest BCUT2D eigenvalue weighted by atomic mass is 16.5. The summed E-state index contributed by atoms with van der Waals surface area (Å²) in [6, 6.07) is 7.47. The fourth-order valence-corrected chi connectivity index (χ4v) is 2.58. The summed E-state index contributed by atoms with van der Waals surface area (Å²) in [5.74, 6) is 0.849. The molecule has 1 rings (SSSR count). The molecule has 0 bridgehead atoms. The van der Waals surface area contributed by atoms with Crippen LogP contribution >= 0.6 is 0 Å². The van der Waals surface area contributed by atoms with E-state index in [1.807, 2.05) is 24.3 Å². The number of benzene rings is 1. The van der Waals surface area contributed by atoms with Gasteiger partial charge in [0.05, 0.1) is 6.61 Å². The van der Waals surface area contributed by atoms with E-state index in [2.05, 4.69) is 6.92 Å². The van der Waals surface area contributed by atoms with Crippen molar-refractivity contribution in [1.82, 2.24) is 0 Å². The Kier molecular flexibility index (Phi) is 12.4. The third-order valence-electron chi connectivity index (χ3n) is 4.02. The van der Waals surface area contributed by atoms with E-state index < -0.39 is 0 Å². The van der Waals surface area contributed by atoms with Gasteiger partial charge in [0.2, 0.25) is 0 Å². The minimum atomic E-state index is 0.599. The average molecular weight is 322 g/mol. The average Bonchev–Trinajstić information content (AvgIpc) is 2.57. The summed E-state index contributed by atoms with van der Waals surface area (Å²) in [4.78, 5) is 0. The van der Waals surface area contributed by atoms with Crippen LogP contribution in [0.5, 0.6) is 5.75 Å². The first-order chi connectivity index (χ1) is 11.3. The zero-order valence-electron chi connectivity index (χ0n) is 14.9. The van der Waals surface area contributed by atoms with Gasteiger partial charge in [-0.1, -0.05) is 64.7 Å². The standard InChI is InChI=1S/C20H35NO2/c1-2-3-4-5-6-7-8-9-10-11-16-22-17-18-23-20-14-12-19(21)13-15-20/h12-15H,2-11,16-18,21H2,1H3. The topological polar surface area (TPSA) is 44.5 Å². The third kappa shape index (κ3) is 11.9. The molecule has 1 aromatic carbocycles. The van der Waals surface area contributed by atoms with Crippen molar-refractivity contribution in [3.8, 4) is 5.75 Å². The van der Waals surface area contributed by atoms with Crippen LogP contribution in [0.15, 0.2) is 24.3 Å². The van der Waals surface area contributed by atoms with Gasteiger partial charge < -0.3 is 15.2 Å². The molecule has 0 radical (unpaired) electrons. The number of nitrogens with two attached hydrogens (primary N) is 1. The van der Waals surface area contributed by atoms with E-state index in [1.165, 1.54) is 57.8 Å². The number of hydrogen-bond donors (Lipinski definition) is 1. The van der Waals surface area contributed by atoms with E-state index in [0.717, 1.165) is 24.5 Å². The summed E-state index contributed by atoms with van der Waals surface area (Å²) in [6.45, 7) is 4.37. The molecule has 0 heterocycles. The van der Waals surface area contributed by atoms with Gasteiger partial charge in [0.1, 0.15) is 12.4 Å². The fraction of sp³-hybridized carbons (Fsp3) is 0.700. The Balaban J connectivity index is 1.77. The first kappa shape index (κ1) is 19.8. The summed E-state index contributed by atoms with van der Waals surface area (Å²) < 4.78 is 11.2. The van der Waals surface area contributed by atoms with Crippen LogP contribution in [0.25, 0.3) is 0 Å². The van der Waals surface area contributed by atoms with Gasteiger partial charge >= 0.3 is 0 Å². The maximum absolute atomic E-state index is 5.63. The van der Waals surface area contributed by atoms with Gasteiger partial charge in [-0.05, 0) is 30.7 Å². The molecule has 0 aliphatic rings. The Morgan fingerprint density at radius 2 is 1.26 bits per heavy atom. The summed E-state index contributed by atoms with van der Waals surface area (Å²) in [6.07, 6.45) is 13.6. The number of hydrogen-bond acceptors (Lipinski definition) is 3. The van der Waals surface area contributed by atoms with Gasteiger partial charge in [-0.2, -0.15) is 0 Å². The molecule has 2 N–H and O–H groups in total. The van der Waals surface area contributed by atoms with Gasteiger partial charge in [-0.3, -0.25) is 0 Å². The summed E-state index contributed by atoms with van der Waals surface area (Å²) in [5.41, 5.74) is 6.39. The molecule has 0 spiro atoms. The van der Waals surface area contributed by atoms with E-state index in [-0.39, 0.29) is 0 Å². The zero-order valence-corrected chi connectivity index (χ0v) is 14.9. The second-order valence-electron chi connectivity index (χ2n) is 6.21.